The van der Waals surface area contributed by atoms with Gasteiger partial charge < -0.3 is 14.6 Å². The van der Waals surface area contributed by atoms with E-state index in [1.165, 1.54) is 0 Å². The second kappa shape index (κ2) is 4.43. The van der Waals surface area contributed by atoms with Gasteiger partial charge >= 0.3 is 5.97 Å². The first-order valence-electron chi connectivity index (χ1n) is 2.46. The van der Waals surface area contributed by atoms with E-state index in [2.05, 4.69) is 22.6 Å². The Hall–Kier alpha value is -1.45. The van der Waals surface area contributed by atoms with Crippen molar-refractivity contribution in [3.8, 4) is 0 Å². The van der Waals surface area contributed by atoms with Crippen molar-refractivity contribution in [1.29, 1.82) is 0 Å². The van der Waals surface area contributed by atoms with E-state index in [1.54, 1.807) is 0 Å². The van der Waals surface area contributed by atoms with Gasteiger partial charge in [0, 0.05) is 0 Å². The maximum atomic E-state index is 9.99. The van der Waals surface area contributed by atoms with E-state index in [0.717, 1.165) is 6.26 Å². The molecule has 0 unspecified atom stereocenters. The lowest BCUT2D eigenvalue weighted by atomic mass is 10.6. The second-order valence-corrected chi connectivity index (χ2v) is 1.32. The summed E-state index contributed by atoms with van der Waals surface area (Å²) in [6.45, 7) is 6.14. The van der Waals surface area contributed by atoms with Gasteiger partial charge in [0.1, 0.15) is 0 Å². The summed E-state index contributed by atoms with van der Waals surface area (Å²) < 4.78 is 8.93. The van der Waals surface area contributed by atoms with Gasteiger partial charge in [0.2, 0.25) is 12.6 Å². The minimum atomic E-state index is -1.20. The molecule has 0 amide bonds. The lowest BCUT2D eigenvalue weighted by Gasteiger charge is -2.02. The Bertz CT molecular complexity index is 150. The molecule has 56 valence electrons. The second-order valence-electron chi connectivity index (χ2n) is 1.32. The third-order valence-electron chi connectivity index (χ3n) is 0.658. The molecule has 0 rings (SSSR count). The van der Waals surface area contributed by atoms with Gasteiger partial charge in [0.15, 0.2) is 0 Å². The lowest BCUT2D eigenvalue weighted by Crippen LogP contribution is -2.04. The molecule has 0 saturated heterocycles. The van der Waals surface area contributed by atoms with Gasteiger partial charge in [-0.25, -0.2) is 4.79 Å². The van der Waals surface area contributed by atoms with E-state index in [0.29, 0.717) is 0 Å². The van der Waals surface area contributed by atoms with Gasteiger partial charge in [-0.05, 0) is 6.58 Å². The molecule has 0 spiro atoms. The average Bonchev–Trinajstić information content (AvgIpc) is 1.88. The van der Waals surface area contributed by atoms with Crippen LogP contribution in [-0.4, -0.2) is 17.9 Å². The molecule has 0 aromatic carbocycles. The molecule has 0 bridgehead atoms. The number of ether oxygens (including phenoxy) is 2. The molecular weight excluding hydrogens is 136 g/mol. The molecule has 0 aliphatic rings. The van der Waals surface area contributed by atoms with Crippen LogP contribution < -0.4 is 0 Å². The highest BCUT2D eigenvalue weighted by atomic mass is 16.7. The third kappa shape index (κ3) is 3.54. The maximum absolute atomic E-state index is 9.99. The lowest BCUT2D eigenvalue weighted by molar-refractivity contribution is -0.138. The standard InChI is InChI=1S/C6H8O4/c1-3-9-4-10-5(2)6(7)8/h3H,1-2,4H2,(H,7,8). The van der Waals surface area contributed by atoms with E-state index in [9.17, 15) is 4.79 Å². The molecule has 0 saturated carbocycles. The summed E-state index contributed by atoms with van der Waals surface area (Å²) in [5.41, 5.74) is 0. The number of hydrogen-bond acceptors (Lipinski definition) is 3. The highest BCUT2D eigenvalue weighted by Gasteiger charge is 2.02. The van der Waals surface area contributed by atoms with E-state index in [-0.39, 0.29) is 12.6 Å². The van der Waals surface area contributed by atoms with Gasteiger partial charge in [0.25, 0.3) is 0 Å². The summed E-state index contributed by atoms with van der Waals surface area (Å²) in [7, 11) is 0. The first kappa shape index (κ1) is 8.55. The molecule has 10 heavy (non-hydrogen) atoms. The number of aliphatic carboxylic acids is 1. The van der Waals surface area contributed by atoms with Crippen molar-refractivity contribution >= 4 is 5.97 Å². The Balaban J connectivity index is 3.40. The number of carboxylic acids is 1. The van der Waals surface area contributed by atoms with Crippen LogP contribution >= 0.6 is 0 Å². The Morgan fingerprint density at radius 3 is 2.70 bits per heavy atom. The molecule has 0 heterocycles. The normalized spacial score (nSPS) is 8.00. The molecule has 0 radical (unpaired) electrons. The zero-order valence-electron chi connectivity index (χ0n) is 5.37. The van der Waals surface area contributed by atoms with Gasteiger partial charge in [-0.1, -0.05) is 6.58 Å². The predicted octanol–water partition coefficient (Wildman–Crippen LogP) is 0.719. The first-order valence-corrected chi connectivity index (χ1v) is 2.46. The molecular formula is C6H8O4. The van der Waals surface area contributed by atoms with Crippen LogP contribution in [0.5, 0.6) is 0 Å². The zero-order valence-corrected chi connectivity index (χ0v) is 5.37. The van der Waals surface area contributed by atoms with Gasteiger partial charge in [-0.2, -0.15) is 0 Å². The van der Waals surface area contributed by atoms with Gasteiger partial charge in [0.05, 0.1) is 6.26 Å². The van der Waals surface area contributed by atoms with Crippen molar-refractivity contribution in [1.82, 2.24) is 0 Å². The number of hydrogen-bond donors (Lipinski definition) is 1. The van der Waals surface area contributed by atoms with Crippen molar-refractivity contribution in [3.63, 3.8) is 0 Å². The fourth-order valence-electron chi connectivity index (χ4n) is 0.215. The summed E-state index contributed by atoms with van der Waals surface area (Å²) in [4.78, 5) is 9.99. The number of carboxylic acid groups (broad SMARTS) is 1. The van der Waals surface area contributed by atoms with Crippen LogP contribution in [0.15, 0.2) is 25.2 Å². The predicted molar refractivity (Wildman–Crippen MR) is 34.0 cm³/mol. The largest absolute Gasteiger partial charge is 0.475 e. The third-order valence-corrected chi connectivity index (χ3v) is 0.658. The van der Waals surface area contributed by atoms with E-state index < -0.39 is 5.97 Å². The molecule has 0 atom stereocenters. The topological polar surface area (TPSA) is 55.8 Å². The van der Waals surface area contributed by atoms with Gasteiger partial charge in [-0.15, -0.1) is 0 Å². The minimum Gasteiger partial charge on any atom is -0.475 e. The Labute approximate surface area is 58.4 Å². The van der Waals surface area contributed by atoms with Gasteiger partial charge in [-0.3, -0.25) is 0 Å². The summed E-state index contributed by atoms with van der Waals surface area (Å²) >= 11 is 0. The summed E-state index contributed by atoms with van der Waals surface area (Å²) in [5.74, 6) is -1.55. The molecule has 0 fully saturated rings. The molecule has 0 aromatic rings. The highest BCUT2D eigenvalue weighted by Crippen LogP contribution is 1.92. The van der Waals surface area contributed by atoms with E-state index in [4.69, 9.17) is 5.11 Å². The smallest absolute Gasteiger partial charge is 0.370 e. The maximum Gasteiger partial charge on any atom is 0.370 e. The van der Waals surface area contributed by atoms with Crippen LogP contribution in [-0.2, 0) is 14.3 Å². The number of rotatable bonds is 5. The summed E-state index contributed by atoms with van der Waals surface area (Å²) in [5, 5.41) is 8.18. The Morgan fingerprint density at radius 1 is 1.70 bits per heavy atom. The molecule has 4 nitrogen and oxygen atoms in total. The number of carbonyl (C=O) groups is 1. The van der Waals surface area contributed by atoms with Crippen molar-refractivity contribution < 1.29 is 19.4 Å². The van der Waals surface area contributed by atoms with Crippen molar-refractivity contribution in [2.75, 3.05) is 6.79 Å². The summed E-state index contributed by atoms with van der Waals surface area (Å²) in [6.07, 6.45) is 1.15. The first-order chi connectivity index (χ1) is 4.68. The van der Waals surface area contributed by atoms with E-state index >= 15 is 0 Å². The molecule has 0 aliphatic heterocycles. The van der Waals surface area contributed by atoms with Crippen LogP contribution in [0, 0.1) is 0 Å². The average molecular weight is 144 g/mol. The van der Waals surface area contributed by atoms with Crippen LogP contribution in [0.3, 0.4) is 0 Å². The van der Waals surface area contributed by atoms with Crippen molar-refractivity contribution in [2.45, 2.75) is 0 Å². The van der Waals surface area contributed by atoms with Crippen LogP contribution in [0.25, 0.3) is 0 Å². The molecule has 4 heteroatoms. The fraction of sp³-hybridized carbons (Fsp3) is 0.167. The van der Waals surface area contributed by atoms with Crippen LogP contribution in [0.2, 0.25) is 0 Å². The monoisotopic (exact) mass is 144 g/mol. The Morgan fingerprint density at radius 2 is 2.30 bits per heavy atom. The molecule has 0 aromatic heterocycles. The van der Waals surface area contributed by atoms with Crippen LogP contribution in [0.1, 0.15) is 0 Å². The van der Waals surface area contributed by atoms with Crippen LogP contribution in [0.4, 0.5) is 0 Å². The fourth-order valence-corrected chi connectivity index (χ4v) is 0.215. The highest BCUT2D eigenvalue weighted by molar-refractivity contribution is 5.83. The SMILES string of the molecule is C=COCOC(=C)C(=O)O. The quantitative estimate of drug-likeness (QED) is 0.267. The van der Waals surface area contributed by atoms with Crippen molar-refractivity contribution in [2.24, 2.45) is 0 Å². The molecule has 1 N–H and O–H groups in total. The molecule has 0 aliphatic carbocycles. The summed E-state index contributed by atoms with van der Waals surface area (Å²) in [6, 6.07) is 0. The van der Waals surface area contributed by atoms with Crippen molar-refractivity contribution in [3.05, 3.63) is 25.2 Å². The zero-order chi connectivity index (χ0) is 7.98. The van der Waals surface area contributed by atoms with E-state index in [1.807, 2.05) is 0 Å². The Kier molecular flexibility index (Phi) is 3.79. The minimum absolute atomic E-state index is 0.172.